The van der Waals surface area contributed by atoms with Gasteiger partial charge in [0, 0.05) is 0 Å². The third-order valence-corrected chi connectivity index (χ3v) is 2.29. The summed E-state index contributed by atoms with van der Waals surface area (Å²) in [5.41, 5.74) is 10.8. The monoisotopic (exact) mass is 296 g/mol. The Balaban J connectivity index is 0.000000639. The van der Waals surface area contributed by atoms with Crippen LogP contribution in [0.25, 0.3) is 12.2 Å². The Bertz CT molecular complexity index is 511. The first kappa shape index (κ1) is 18.9. The van der Waals surface area contributed by atoms with E-state index in [0.717, 1.165) is 0 Å². The summed E-state index contributed by atoms with van der Waals surface area (Å²) in [5.74, 6) is 0. The molecule has 0 fully saturated rings. The molecule has 2 aromatic rings. The van der Waals surface area contributed by atoms with Gasteiger partial charge < -0.3 is 11.5 Å². The highest BCUT2D eigenvalue weighted by atomic mass is 16.1. The summed E-state index contributed by atoms with van der Waals surface area (Å²) in [6.45, 7) is 0. The third-order valence-electron chi connectivity index (χ3n) is 2.29. The minimum Gasteiger partial charge on any atom is -0.372 e. The van der Waals surface area contributed by atoms with E-state index >= 15 is 0 Å². The normalized spacial score (nSPS) is 9.27. The van der Waals surface area contributed by atoms with Crippen LogP contribution in [0.3, 0.4) is 0 Å². The van der Waals surface area contributed by atoms with Crippen LogP contribution in [0.4, 0.5) is 0 Å². The molecule has 2 aromatic carbocycles. The SMILES string of the molecule is C(C=Cc1ccccc1)=Cc1ccccc1.NC=O.NC=O. The van der Waals surface area contributed by atoms with E-state index in [0.29, 0.717) is 0 Å². The summed E-state index contributed by atoms with van der Waals surface area (Å²) in [5, 5.41) is 0. The van der Waals surface area contributed by atoms with Crippen LogP contribution < -0.4 is 11.5 Å². The molecule has 0 aliphatic rings. The van der Waals surface area contributed by atoms with Crippen molar-refractivity contribution >= 4 is 25.0 Å². The van der Waals surface area contributed by atoms with E-state index in [1.165, 1.54) is 11.1 Å². The number of allylic oxidation sites excluding steroid dienone is 2. The van der Waals surface area contributed by atoms with Crippen molar-refractivity contribution in [2.75, 3.05) is 0 Å². The van der Waals surface area contributed by atoms with Crippen molar-refractivity contribution in [3.8, 4) is 0 Å². The van der Waals surface area contributed by atoms with Crippen LogP contribution in [0.1, 0.15) is 11.1 Å². The van der Waals surface area contributed by atoms with Crippen molar-refractivity contribution in [3.05, 3.63) is 83.9 Å². The zero-order valence-electron chi connectivity index (χ0n) is 12.2. The number of primary amides is 2. The van der Waals surface area contributed by atoms with Gasteiger partial charge in [0.25, 0.3) is 0 Å². The number of rotatable bonds is 3. The van der Waals surface area contributed by atoms with E-state index in [4.69, 9.17) is 9.59 Å². The lowest BCUT2D eigenvalue weighted by Crippen LogP contribution is -1.82. The number of carbonyl (C=O) groups excluding carboxylic acids is 2. The average Bonchev–Trinajstić information content (AvgIpc) is 2.55. The Labute approximate surface area is 130 Å². The molecular weight excluding hydrogens is 276 g/mol. The molecule has 0 aliphatic carbocycles. The highest BCUT2D eigenvalue weighted by Crippen LogP contribution is 2.03. The summed E-state index contributed by atoms with van der Waals surface area (Å²) in [7, 11) is 0. The smallest absolute Gasteiger partial charge is 0.204 e. The Hall–Kier alpha value is -3.14. The maximum absolute atomic E-state index is 8.58. The quantitative estimate of drug-likeness (QED) is 0.674. The summed E-state index contributed by atoms with van der Waals surface area (Å²) < 4.78 is 0. The predicted octanol–water partition coefficient (Wildman–Crippen LogP) is 2.62. The fraction of sp³-hybridized carbons (Fsp3) is 0. The van der Waals surface area contributed by atoms with Gasteiger partial charge in [-0.15, -0.1) is 0 Å². The van der Waals surface area contributed by atoms with Crippen molar-refractivity contribution in [1.82, 2.24) is 0 Å². The second-order valence-corrected chi connectivity index (χ2v) is 3.81. The van der Waals surface area contributed by atoms with Gasteiger partial charge in [0.15, 0.2) is 0 Å². The maximum Gasteiger partial charge on any atom is 0.204 e. The van der Waals surface area contributed by atoms with E-state index in [-0.39, 0.29) is 12.8 Å². The van der Waals surface area contributed by atoms with Crippen LogP contribution in [0.2, 0.25) is 0 Å². The minimum atomic E-state index is 0.250. The zero-order chi connectivity index (χ0) is 16.5. The van der Waals surface area contributed by atoms with Gasteiger partial charge in [0.1, 0.15) is 0 Å². The van der Waals surface area contributed by atoms with Crippen molar-refractivity contribution < 1.29 is 9.59 Å². The maximum atomic E-state index is 8.58. The summed E-state index contributed by atoms with van der Waals surface area (Å²) in [4.78, 5) is 17.2. The van der Waals surface area contributed by atoms with Crippen molar-refractivity contribution in [3.63, 3.8) is 0 Å². The lowest BCUT2D eigenvalue weighted by atomic mass is 10.2. The van der Waals surface area contributed by atoms with Crippen LogP contribution in [-0.4, -0.2) is 12.8 Å². The Kier molecular flexibility index (Phi) is 12.2. The zero-order valence-corrected chi connectivity index (χ0v) is 12.2. The van der Waals surface area contributed by atoms with Gasteiger partial charge in [-0.3, -0.25) is 9.59 Å². The van der Waals surface area contributed by atoms with Gasteiger partial charge >= 0.3 is 0 Å². The standard InChI is InChI=1S/C16H14.2CH3NO/c1-3-9-15(10-4-1)13-7-8-14-16-11-5-2-6-12-16;2*2-1-3/h1-14H;2*1H,(H2,2,3). The molecule has 0 saturated carbocycles. The molecule has 0 spiro atoms. The van der Waals surface area contributed by atoms with Crippen molar-refractivity contribution in [1.29, 1.82) is 0 Å². The first-order valence-electron chi connectivity index (χ1n) is 6.54. The number of hydrogen-bond acceptors (Lipinski definition) is 2. The molecule has 0 heterocycles. The van der Waals surface area contributed by atoms with E-state index in [9.17, 15) is 0 Å². The second kappa shape index (κ2) is 14.3. The van der Waals surface area contributed by atoms with Crippen LogP contribution in [0.5, 0.6) is 0 Å². The van der Waals surface area contributed by atoms with Crippen LogP contribution >= 0.6 is 0 Å². The number of amides is 2. The van der Waals surface area contributed by atoms with Gasteiger partial charge in [0.2, 0.25) is 12.8 Å². The summed E-state index contributed by atoms with van der Waals surface area (Å²) in [6, 6.07) is 20.6. The molecule has 0 aromatic heterocycles. The van der Waals surface area contributed by atoms with Gasteiger partial charge in [-0.05, 0) is 11.1 Å². The fourth-order valence-corrected chi connectivity index (χ4v) is 1.46. The predicted molar refractivity (Wildman–Crippen MR) is 91.5 cm³/mol. The molecule has 4 nitrogen and oxygen atoms in total. The molecule has 0 unspecified atom stereocenters. The van der Waals surface area contributed by atoms with Crippen molar-refractivity contribution in [2.45, 2.75) is 0 Å². The Morgan fingerprint density at radius 1 is 0.591 bits per heavy atom. The molecular formula is C18H20N2O2. The molecule has 114 valence electrons. The number of carbonyl (C=O) groups is 2. The largest absolute Gasteiger partial charge is 0.372 e. The van der Waals surface area contributed by atoms with Crippen LogP contribution in [0.15, 0.2) is 72.8 Å². The number of hydrogen-bond donors (Lipinski definition) is 2. The molecule has 22 heavy (non-hydrogen) atoms. The lowest BCUT2D eigenvalue weighted by molar-refractivity contribution is -0.107. The summed E-state index contributed by atoms with van der Waals surface area (Å²) >= 11 is 0. The Morgan fingerprint density at radius 3 is 1.14 bits per heavy atom. The first-order valence-corrected chi connectivity index (χ1v) is 6.54. The molecule has 0 bridgehead atoms. The van der Waals surface area contributed by atoms with Gasteiger partial charge in [-0.2, -0.15) is 0 Å². The van der Waals surface area contributed by atoms with Gasteiger partial charge in [-0.1, -0.05) is 85.0 Å². The second-order valence-electron chi connectivity index (χ2n) is 3.81. The molecule has 0 radical (unpaired) electrons. The van der Waals surface area contributed by atoms with Crippen LogP contribution in [-0.2, 0) is 9.59 Å². The minimum absolute atomic E-state index is 0.250. The average molecular weight is 296 g/mol. The lowest BCUT2D eigenvalue weighted by Gasteiger charge is -1.90. The topological polar surface area (TPSA) is 86.2 Å². The molecule has 4 heteroatoms. The molecule has 2 amide bonds. The molecule has 4 N–H and O–H groups in total. The van der Waals surface area contributed by atoms with Gasteiger partial charge in [-0.25, -0.2) is 0 Å². The Morgan fingerprint density at radius 2 is 0.864 bits per heavy atom. The van der Waals surface area contributed by atoms with E-state index in [2.05, 4.69) is 60.0 Å². The van der Waals surface area contributed by atoms with Crippen LogP contribution in [0, 0.1) is 0 Å². The van der Waals surface area contributed by atoms with Crippen molar-refractivity contribution in [2.24, 2.45) is 11.5 Å². The van der Waals surface area contributed by atoms with E-state index in [1.54, 1.807) is 0 Å². The molecule has 0 atom stereocenters. The highest BCUT2D eigenvalue weighted by Gasteiger charge is 1.81. The number of benzene rings is 2. The fourth-order valence-electron chi connectivity index (χ4n) is 1.46. The molecule has 0 aliphatic heterocycles. The third kappa shape index (κ3) is 10.8. The molecule has 2 rings (SSSR count). The first-order chi connectivity index (χ1) is 10.8. The number of nitrogens with two attached hydrogens (primary N) is 2. The molecule has 0 saturated heterocycles. The van der Waals surface area contributed by atoms with Gasteiger partial charge in [0.05, 0.1) is 0 Å². The highest BCUT2D eigenvalue weighted by molar-refractivity contribution is 5.56. The summed E-state index contributed by atoms with van der Waals surface area (Å²) in [6.07, 6.45) is 8.81. The van der Waals surface area contributed by atoms with E-state index in [1.807, 2.05) is 36.4 Å². The van der Waals surface area contributed by atoms with E-state index < -0.39 is 0 Å².